The second-order valence-corrected chi connectivity index (χ2v) is 8.92. The van der Waals surface area contributed by atoms with E-state index in [0.29, 0.717) is 11.1 Å². The molecule has 0 aliphatic heterocycles. The number of furan rings is 1. The molecule has 0 saturated heterocycles. The van der Waals surface area contributed by atoms with Gasteiger partial charge in [-0.2, -0.15) is 0 Å². The van der Waals surface area contributed by atoms with Crippen LogP contribution in [0.25, 0.3) is 0 Å². The molecule has 7 nitrogen and oxygen atoms in total. The van der Waals surface area contributed by atoms with Crippen LogP contribution in [-0.2, 0) is 22.1 Å². The van der Waals surface area contributed by atoms with Gasteiger partial charge in [-0.3, -0.25) is 9.59 Å². The summed E-state index contributed by atoms with van der Waals surface area (Å²) in [5.41, 5.74) is 1.64. The zero-order valence-corrected chi connectivity index (χ0v) is 17.5. The van der Waals surface area contributed by atoms with Crippen molar-refractivity contribution in [3.05, 3.63) is 89.4 Å². The van der Waals surface area contributed by atoms with Crippen LogP contribution in [0.4, 0.5) is 0 Å². The van der Waals surface area contributed by atoms with E-state index in [1.807, 2.05) is 0 Å². The van der Waals surface area contributed by atoms with Gasteiger partial charge in [-0.15, -0.1) is 0 Å². The lowest BCUT2D eigenvalue weighted by atomic mass is 10.1. The molecule has 1 N–H and O–H groups in total. The van der Waals surface area contributed by atoms with Crippen LogP contribution in [0.1, 0.15) is 32.0 Å². The molecule has 0 unspecified atom stereocenters. The molecule has 156 valence electrons. The minimum Gasteiger partial charge on any atom is -0.459 e. The third kappa shape index (κ3) is 4.96. The van der Waals surface area contributed by atoms with Crippen LogP contribution >= 0.6 is 0 Å². The summed E-state index contributed by atoms with van der Waals surface area (Å²) in [5.74, 6) is -0.983. The lowest BCUT2D eigenvalue weighted by molar-refractivity contribution is 0.0827. The number of sulfone groups is 1. The average molecular weight is 426 g/mol. The second kappa shape index (κ2) is 8.96. The van der Waals surface area contributed by atoms with Crippen molar-refractivity contribution >= 4 is 21.7 Å². The van der Waals surface area contributed by atoms with Crippen molar-refractivity contribution in [2.24, 2.45) is 0 Å². The Morgan fingerprint density at radius 3 is 2.27 bits per heavy atom. The molecule has 1 heterocycles. The van der Waals surface area contributed by atoms with Crippen LogP contribution in [-0.4, -0.2) is 39.2 Å². The van der Waals surface area contributed by atoms with Crippen molar-refractivity contribution in [1.29, 1.82) is 0 Å². The highest BCUT2D eigenvalue weighted by molar-refractivity contribution is 7.90. The SMILES string of the molecule is CN(C)C(=O)c1ccc(CNC(=O)c2occc2CS(=O)(=O)c2ccccc2)cc1. The van der Waals surface area contributed by atoms with Crippen LogP contribution in [0, 0.1) is 0 Å². The molecule has 1 aromatic heterocycles. The number of rotatable bonds is 7. The van der Waals surface area contributed by atoms with Gasteiger partial charge in [0.05, 0.1) is 16.9 Å². The molecule has 2 amide bonds. The third-order valence-corrected chi connectivity index (χ3v) is 6.14. The molecule has 3 rings (SSSR count). The van der Waals surface area contributed by atoms with Gasteiger partial charge < -0.3 is 14.6 Å². The highest BCUT2D eigenvalue weighted by Crippen LogP contribution is 2.20. The quantitative estimate of drug-likeness (QED) is 0.627. The number of hydrogen-bond acceptors (Lipinski definition) is 5. The van der Waals surface area contributed by atoms with E-state index in [0.717, 1.165) is 5.56 Å². The standard InChI is InChI=1S/C22H22N2O5S/c1-24(2)22(26)17-10-8-16(9-11-17)14-23-21(25)20-18(12-13-29-20)15-30(27,28)19-6-4-3-5-7-19/h3-13H,14-15H2,1-2H3,(H,23,25). The minimum atomic E-state index is -3.60. The molecule has 0 aliphatic rings. The topological polar surface area (TPSA) is 96.7 Å². The number of carbonyl (C=O) groups excluding carboxylic acids is 2. The summed E-state index contributed by atoms with van der Waals surface area (Å²) in [5, 5.41) is 2.72. The zero-order valence-electron chi connectivity index (χ0n) is 16.7. The Balaban J connectivity index is 1.66. The molecule has 0 fully saturated rings. The van der Waals surface area contributed by atoms with Gasteiger partial charge in [0.15, 0.2) is 15.6 Å². The Labute approximate surface area is 175 Å². The van der Waals surface area contributed by atoms with Crippen molar-refractivity contribution in [2.45, 2.75) is 17.2 Å². The summed E-state index contributed by atoms with van der Waals surface area (Å²) in [4.78, 5) is 26.1. The minimum absolute atomic E-state index is 0.0334. The van der Waals surface area contributed by atoms with E-state index in [9.17, 15) is 18.0 Å². The van der Waals surface area contributed by atoms with Crippen LogP contribution in [0.2, 0.25) is 0 Å². The van der Waals surface area contributed by atoms with Gasteiger partial charge in [-0.05, 0) is 35.9 Å². The monoisotopic (exact) mass is 426 g/mol. The number of carbonyl (C=O) groups is 2. The normalized spacial score (nSPS) is 11.1. The third-order valence-electron chi connectivity index (χ3n) is 4.46. The fourth-order valence-electron chi connectivity index (χ4n) is 2.85. The molecule has 0 spiro atoms. The summed E-state index contributed by atoms with van der Waals surface area (Å²) >= 11 is 0. The molecular weight excluding hydrogens is 404 g/mol. The lowest BCUT2D eigenvalue weighted by Gasteiger charge is -2.11. The highest BCUT2D eigenvalue weighted by atomic mass is 32.2. The van der Waals surface area contributed by atoms with E-state index in [1.54, 1.807) is 56.6 Å². The summed E-state index contributed by atoms with van der Waals surface area (Å²) < 4.78 is 30.4. The Hall–Kier alpha value is -3.39. The summed E-state index contributed by atoms with van der Waals surface area (Å²) in [6.45, 7) is 0.209. The van der Waals surface area contributed by atoms with Gasteiger partial charge in [0.25, 0.3) is 11.8 Å². The fourth-order valence-corrected chi connectivity index (χ4v) is 4.23. The number of benzene rings is 2. The van der Waals surface area contributed by atoms with Crippen molar-refractivity contribution < 1.29 is 22.4 Å². The van der Waals surface area contributed by atoms with E-state index in [1.165, 1.54) is 29.4 Å². The van der Waals surface area contributed by atoms with Gasteiger partial charge in [0.2, 0.25) is 0 Å². The first-order valence-electron chi connectivity index (χ1n) is 9.21. The Morgan fingerprint density at radius 2 is 1.63 bits per heavy atom. The molecule has 30 heavy (non-hydrogen) atoms. The predicted molar refractivity (Wildman–Crippen MR) is 112 cm³/mol. The predicted octanol–water partition coefficient (Wildman–Crippen LogP) is 2.89. The van der Waals surface area contributed by atoms with E-state index < -0.39 is 15.7 Å². The molecule has 0 saturated carbocycles. The highest BCUT2D eigenvalue weighted by Gasteiger charge is 2.22. The fraction of sp³-hybridized carbons (Fsp3) is 0.182. The van der Waals surface area contributed by atoms with Crippen molar-refractivity contribution in [1.82, 2.24) is 10.2 Å². The summed E-state index contributed by atoms with van der Waals surface area (Å²) in [6.07, 6.45) is 1.30. The van der Waals surface area contributed by atoms with Gasteiger partial charge in [-0.25, -0.2) is 8.42 Å². The van der Waals surface area contributed by atoms with E-state index in [2.05, 4.69) is 5.32 Å². The molecular formula is C22H22N2O5S. The molecule has 2 aromatic carbocycles. The second-order valence-electron chi connectivity index (χ2n) is 6.93. The largest absolute Gasteiger partial charge is 0.459 e. The molecule has 0 bridgehead atoms. The first kappa shape index (κ1) is 21.3. The number of hydrogen-bond donors (Lipinski definition) is 1. The van der Waals surface area contributed by atoms with Crippen molar-refractivity contribution in [3.8, 4) is 0 Å². The van der Waals surface area contributed by atoms with Crippen LogP contribution < -0.4 is 5.32 Å². The van der Waals surface area contributed by atoms with Crippen LogP contribution in [0.15, 0.2) is 76.2 Å². The lowest BCUT2D eigenvalue weighted by Crippen LogP contribution is -2.24. The number of amides is 2. The van der Waals surface area contributed by atoms with Gasteiger partial charge in [0, 0.05) is 31.8 Å². The molecule has 8 heteroatoms. The average Bonchev–Trinajstić information content (AvgIpc) is 3.20. The van der Waals surface area contributed by atoms with Crippen molar-refractivity contribution in [3.63, 3.8) is 0 Å². The van der Waals surface area contributed by atoms with E-state index >= 15 is 0 Å². The molecule has 3 aromatic rings. The first-order valence-corrected chi connectivity index (χ1v) is 10.9. The maximum Gasteiger partial charge on any atom is 0.287 e. The molecule has 0 atom stereocenters. The van der Waals surface area contributed by atoms with E-state index in [4.69, 9.17) is 4.42 Å². The molecule has 0 aliphatic carbocycles. The smallest absolute Gasteiger partial charge is 0.287 e. The number of nitrogens with zero attached hydrogens (tertiary/aromatic N) is 1. The maximum atomic E-state index is 12.6. The summed E-state index contributed by atoms with van der Waals surface area (Å²) in [6, 6.07) is 16.4. The Morgan fingerprint density at radius 1 is 0.967 bits per heavy atom. The van der Waals surface area contributed by atoms with Gasteiger partial charge in [-0.1, -0.05) is 30.3 Å². The first-order chi connectivity index (χ1) is 14.3. The summed E-state index contributed by atoms with van der Waals surface area (Å²) in [7, 11) is -0.250. The van der Waals surface area contributed by atoms with E-state index in [-0.39, 0.29) is 28.9 Å². The molecule has 0 radical (unpaired) electrons. The zero-order chi connectivity index (χ0) is 21.7. The number of nitrogens with one attached hydrogen (secondary N) is 1. The van der Waals surface area contributed by atoms with Crippen LogP contribution in [0.3, 0.4) is 0 Å². The van der Waals surface area contributed by atoms with Gasteiger partial charge in [0.1, 0.15) is 0 Å². The van der Waals surface area contributed by atoms with Crippen LogP contribution in [0.5, 0.6) is 0 Å². The maximum absolute atomic E-state index is 12.6. The Kier molecular flexibility index (Phi) is 6.37. The van der Waals surface area contributed by atoms with Gasteiger partial charge >= 0.3 is 0 Å². The Bertz CT molecular complexity index is 1130. The van der Waals surface area contributed by atoms with Crippen molar-refractivity contribution in [2.75, 3.05) is 14.1 Å².